The van der Waals surface area contributed by atoms with Crippen LogP contribution in [0.4, 0.5) is 5.69 Å². The van der Waals surface area contributed by atoms with E-state index in [1.54, 1.807) is 11.0 Å². The van der Waals surface area contributed by atoms with Crippen molar-refractivity contribution in [1.82, 2.24) is 5.32 Å². The number of nitrogens with one attached hydrogen (secondary N) is 1. The molecule has 30 heavy (non-hydrogen) atoms. The van der Waals surface area contributed by atoms with Crippen LogP contribution in [0.5, 0.6) is 0 Å². The minimum Gasteiger partial charge on any atom is -0.353 e. The van der Waals surface area contributed by atoms with E-state index in [2.05, 4.69) is 21.2 Å². The Hall–Kier alpha value is -1.41. The van der Waals surface area contributed by atoms with Gasteiger partial charge in [-0.15, -0.1) is 0 Å². The highest BCUT2D eigenvalue weighted by molar-refractivity contribution is 9.10. The summed E-state index contributed by atoms with van der Waals surface area (Å²) in [6.45, 7) is 0.602. The number of fused-ring (bicyclic) bond motifs is 1. The normalized spacial score (nSPS) is 20.0. The minimum absolute atomic E-state index is 0.0485. The number of benzene rings is 1. The lowest BCUT2D eigenvalue weighted by Crippen LogP contribution is -2.35. The van der Waals surface area contributed by atoms with Gasteiger partial charge in [0.25, 0.3) is 0 Å². The molecular weight excluding hydrogens is 468 g/mol. The van der Waals surface area contributed by atoms with Crippen LogP contribution in [0.2, 0.25) is 0 Å². The van der Waals surface area contributed by atoms with Gasteiger partial charge in [-0.3, -0.25) is 9.59 Å². The lowest BCUT2D eigenvalue weighted by atomic mass is 10.1. The number of carbonyl (C=O) groups excluding carboxylic acids is 2. The van der Waals surface area contributed by atoms with Crippen LogP contribution >= 0.6 is 15.9 Å². The molecule has 2 aliphatic carbocycles. The third-order valence-electron chi connectivity index (χ3n) is 6.37. The maximum absolute atomic E-state index is 13.0. The van der Waals surface area contributed by atoms with Crippen molar-refractivity contribution in [3.8, 4) is 0 Å². The maximum Gasteiger partial charge on any atom is 0.230 e. The van der Waals surface area contributed by atoms with Gasteiger partial charge in [-0.1, -0.05) is 25.7 Å². The first kappa shape index (κ1) is 21.8. The van der Waals surface area contributed by atoms with Crippen molar-refractivity contribution in [2.45, 2.75) is 75.1 Å². The van der Waals surface area contributed by atoms with Crippen LogP contribution in [0.15, 0.2) is 21.5 Å². The predicted molar refractivity (Wildman–Crippen MR) is 119 cm³/mol. The number of amides is 2. The molecule has 4 rings (SSSR count). The van der Waals surface area contributed by atoms with Crippen molar-refractivity contribution >= 4 is 43.3 Å². The first-order valence-corrected chi connectivity index (χ1v) is 13.5. The standard InChI is InChI=1S/C22H29BrN2O4S/c23-18-13-16-9-11-25(22(27)15-7-8-15)19(16)14-20(18)30(28,29)12-10-21(26)24-17-5-3-1-2-4-6-17/h13-15,17H,1-12H2,(H,24,26). The molecule has 164 valence electrons. The number of halogens is 1. The van der Waals surface area contributed by atoms with Crippen molar-refractivity contribution in [2.24, 2.45) is 5.92 Å². The molecule has 1 aliphatic heterocycles. The lowest BCUT2D eigenvalue weighted by molar-refractivity contribution is -0.121. The van der Waals surface area contributed by atoms with Gasteiger partial charge in [0.2, 0.25) is 11.8 Å². The number of hydrogen-bond acceptors (Lipinski definition) is 4. The summed E-state index contributed by atoms with van der Waals surface area (Å²) in [5, 5.41) is 3.01. The molecule has 0 saturated heterocycles. The molecule has 3 aliphatic rings. The SMILES string of the molecule is O=C(CCS(=O)(=O)c1cc2c(cc1Br)CCN2C(=O)C1CC1)NC1CCCCCC1. The summed E-state index contributed by atoms with van der Waals surface area (Å²) < 4.78 is 26.5. The molecule has 1 aromatic carbocycles. The number of nitrogens with zero attached hydrogens (tertiary/aromatic N) is 1. The van der Waals surface area contributed by atoms with Crippen LogP contribution in [0.3, 0.4) is 0 Å². The fraction of sp³-hybridized carbons (Fsp3) is 0.636. The molecule has 1 N–H and O–H groups in total. The van der Waals surface area contributed by atoms with Crippen LogP contribution in [0.25, 0.3) is 0 Å². The number of sulfone groups is 1. The van der Waals surface area contributed by atoms with Crippen molar-refractivity contribution in [2.75, 3.05) is 17.2 Å². The highest BCUT2D eigenvalue weighted by atomic mass is 79.9. The van der Waals surface area contributed by atoms with Gasteiger partial charge in [-0.2, -0.15) is 0 Å². The number of rotatable bonds is 6. The second-order valence-corrected chi connectivity index (χ2v) is 11.7. The lowest BCUT2D eigenvalue weighted by Gasteiger charge is -2.19. The van der Waals surface area contributed by atoms with E-state index in [4.69, 9.17) is 0 Å². The molecular formula is C22H29BrN2O4S. The monoisotopic (exact) mass is 496 g/mol. The Labute approximate surface area is 186 Å². The molecule has 0 aromatic heterocycles. The van der Waals surface area contributed by atoms with E-state index in [1.165, 1.54) is 12.8 Å². The second-order valence-electron chi connectivity index (χ2n) is 8.75. The number of carbonyl (C=O) groups is 2. The van der Waals surface area contributed by atoms with E-state index in [0.29, 0.717) is 16.7 Å². The van der Waals surface area contributed by atoms with Gasteiger partial charge in [0.15, 0.2) is 9.84 Å². The highest BCUT2D eigenvalue weighted by Gasteiger charge is 2.37. The summed E-state index contributed by atoms with van der Waals surface area (Å²) in [5.41, 5.74) is 1.69. The minimum atomic E-state index is -3.66. The van der Waals surface area contributed by atoms with Gasteiger partial charge in [0, 0.05) is 35.1 Å². The summed E-state index contributed by atoms with van der Waals surface area (Å²) in [7, 11) is -3.66. The van der Waals surface area contributed by atoms with Gasteiger partial charge >= 0.3 is 0 Å². The molecule has 1 heterocycles. The highest BCUT2D eigenvalue weighted by Crippen LogP contribution is 2.39. The molecule has 8 heteroatoms. The molecule has 0 bridgehead atoms. The first-order chi connectivity index (χ1) is 14.3. The molecule has 0 radical (unpaired) electrons. The molecule has 0 atom stereocenters. The van der Waals surface area contributed by atoms with Crippen molar-refractivity contribution in [3.05, 3.63) is 22.2 Å². The van der Waals surface area contributed by atoms with Crippen LogP contribution in [-0.4, -0.2) is 38.6 Å². The zero-order valence-corrected chi connectivity index (χ0v) is 19.6. The average Bonchev–Trinajstić information content (AvgIpc) is 3.51. The maximum atomic E-state index is 13.0. The van der Waals surface area contributed by atoms with Crippen LogP contribution in [0.1, 0.15) is 63.4 Å². The molecule has 6 nitrogen and oxygen atoms in total. The van der Waals surface area contributed by atoms with Crippen LogP contribution < -0.4 is 10.2 Å². The Kier molecular flexibility index (Phi) is 6.53. The topological polar surface area (TPSA) is 83.6 Å². The van der Waals surface area contributed by atoms with E-state index >= 15 is 0 Å². The van der Waals surface area contributed by atoms with E-state index in [-0.39, 0.29) is 40.8 Å². The third kappa shape index (κ3) is 4.90. The zero-order chi connectivity index (χ0) is 21.3. The zero-order valence-electron chi connectivity index (χ0n) is 17.2. The summed E-state index contributed by atoms with van der Waals surface area (Å²) in [6.07, 6.45) is 9.09. The molecule has 0 unspecified atom stereocenters. The summed E-state index contributed by atoms with van der Waals surface area (Å²) >= 11 is 3.40. The van der Waals surface area contributed by atoms with Gasteiger partial charge in [0.1, 0.15) is 0 Å². The van der Waals surface area contributed by atoms with E-state index in [0.717, 1.165) is 50.5 Å². The Morgan fingerprint density at radius 1 is 1.07 bits per heavy atom. The number of anilines is 1. The summed E-state index contributed by atoms with van der Waals surface area (Å²) in [5.74, 6) is -0.248. The first-order valence-electron chi connectivity index (χ1n) is 11.0. The Morgan fingerprint density at radius 3 is 2.43 bits per heavy atom. The molecule has 2 fully saturated rings. The second kappa shape index (κ2) is 8.99. The molecule has 0 spiro atoms. The predicted octanol–water partition coefficient (Wildman–Crippen LogP) is 3.75. The molecule has 1 aromatic rings. The third-order valence-corrected chi connectivity index (χ3v) is 9.04. The fourth-order valence-corrected chi connectivity index (χ4v) is 6.92. The van der Waals surface area contributed by atoms with Crippen LogP contribution in [-0.2, 0) is 25.8 Å². The largest absolute Gasteiger partial charge is 0.353 e. The number of hydrogen-bond donors (Lipinski definition) is 1. The molecule has 2 saturated carbocycles. The quantitative estimate of drug-likeness (QED) is 0.607. The Bertz CT molecular complexity index is 935. The van der Waals surface area contributed by atoms with E-state index in [1.807, 2.05) is 6.07 Å². The smallest absolute Gasteiger partial charge is 0.230 e. The molecule has 2 amide bonds. The van der Waals surface area contributed by atoms with Gasteiger partial charge in [-0.05, 0) is 65.7 Å². The van der Waals surface area contributed by atoms with Crippen molar-refractivity contribution < 1.29 is 18.0 Å². The fourth-order valence-electron chi connectivity index (χ4n) is 4.47. The van der Waals surface area contributed by atoms with Gasteiger partial charge in [0.05, 0.1) is 10.6 Å². The van der Waals surface area contributed by atoms with Gasteiger partial charge in [-0.25, -0.2) is 8.42 Å². The summed E-state index contributed by atoms with van der Waals surface area (Å²) in [4.78, 5) is 26.8. The Balaban J connectivity index is 1.44. The summed E-state index contributed by atoms with van der Waals surface area (Å²) in [6, 6.07) is 3.59. The van der Waals surface area contributed by atoms with E-state index in [9.17, 15) is 18.0 Å². The van der Waals surface area contributed by atoms with Crippen molar-refractivity contribution in [3.63, 3.8) is 0 Å². The van der Waals surface area contributed by atoms with Crippen LogP contribution in [0, 0.1) is 5.92 Å². The Morgan fingerprint density at radius 2 is 1.77 bits per heavy atom. The van der Waals surface area contributed by atoms with E-state index < -0.39 is 9.84 Å². The average molecular weight is 497 g/mol. The van der Waals surface area contributed by atoms with Gasteiger partial charge < -0.3 is 10.2 Å². The van der Waals surface area contributed by atoms with Crippen molar-refractivity contribution in [1.29, 1.82) is 0 Å².